The fraction of sp³-hybridized carbons (Fsp3) is 0.438. The van der Waals surface area contributed by atoms with Gasteiger partial charge in [-0.1, -0.05) is 31.2 Å². The van der Waals surface area contributed by atoms with Gasteiger partial charge in [0.15, 0.2) is 15.6 Å². The van der Waals surface area contributed by atoms with E-state index >= 15 is 0 Å². The quantitative estimate of drug-likeness (QED) is 0.856. The van der Waals surface area contributed by atoms with E-state index in [1.807, 2.05) is 19.9 Å². The minimum atomic E-state index is -3.31. The summed E-state index contributed by atoms with van der Waals surface area (Å²) in [5, 5.41) is 0. The SMILES string of the molecule is CC1=CCCC(C)(CCS(=O)(=O)c2ccccc2)C1=O. The fourth-order valence-corrected chi connectivity index (χ4v) is 4.16. The summed E-state index contributed by atoms with van der Waals surface area (Å²) in [5.41, 5.74) is 0.219. The van der Waals surface area contributed by atoms with Crippen LogP contribution in [0.3, 0.4) is 0 Å². The Kier molecular flexibility index (Phi) is 4.14. The molecule has 0 radical (unpaired) electrons. The van der Waals surface area contributed by atoms with Crippen molar-refractivity contribution in [1.29, 1.82) is 0 Å². The zero-order valence-corrected chi connectivity index (χ0v) is 12.7. The first kappa shape index (κ1) is 15.0. The van der Waals surface area contributed by atoms with Crippen LogP contribution in [-0.4, -0.2) is 20.0 Å². The maximum Gasteiger partial charge on any atom is 0.178 e. The van der Waals surface area contributed by atoms with E-state index in [0.717, 1.165) is 18.4 Å². The number of carbonyl (C=O) groups is 1. The maximum absolute atomic E-state index is 12.3. The zero-order chi connectivity index (χ0) is 14.8. The van der Waals surface area contributed by atoms with E-state index in [9.17, 15) is 13.2 Å². The standard InChI is InChI=1S/C16H20O3S/c1-13-7-6-10-16(2,15(13)17)11-12-20(18,19)14-8-4-3-5-9-14/h3-5,7-9H,6,10-12H2,1-2H3. The van der Waals surface area contributed by atoms with Gasteiger partial charge in [-0.05, 0) is 43.9 Å². The van der Waals surface area contributed by atoms with Crippen LogP contribution in [0.5, 0.6) is 0 Å². The predicted octanol–water partition coefficient (Wildman–Crippen LogP) is 3.17. The first-order valence-corrected chi connectivity index (χ1v) is 8.50. The molecule has 0 aliphatic heterocycles. The van der Waals surface area contributed by atoms with Crippen molar-refractivity contribution >= 4 is 15.6 Å². The molecular weight excluding hydrogens is 272 g/mol. The van der Waals surface area contributed by atoms with Crippen LogP contribution in [0.1, 0.15) is 33.1 Å². The third-order valence-corrected chi connectivity index (χ3v) is 5.81. The number of carbonyl (C=O) groups excluding carboxylic acids is 1. The normalized spacial score (nSPS) is 23.5. The van der Waals surface area contributed by atoms with E-state index in [-0.39, 0.29) is 11.5 Å². The number of ketones is 1. The first-order chi connectivity index (χ1) is 9.35. The van der Waals surface area contributed by atoms with Crippen LogP contribution in [0.4, 0.5) is 0 Å². The Bertz CT molecular complexity index is 629. The van der Waals surface area contributed by atoms with Gasteiger partial charge in [-0.15, -0.1) is 0 Å². The molecule has 3 nitrogen and oxygen atoms in total. The molecule has 1 aromatic carbocycles. The molecule has 1 aliphatic carbocycles. The molecule has 0 heterocycles. The Labute approximate surface area is 120 Å². The fourth-order valence-electron chi connectivity index (χ4n) is 2.63. The van der Waals surface area contributed by atoms with Gasteiger partial charge in [0.05, 0.1) is 10.6 Å². The highest BCUT2D eigenvalue weighted by atomic mass is 32.2. The maximum atomic E-state index is 12.3. The molecule has 1 aromatic rings. The van der Waals surface area contributed by atoms with Gasteiger partial charge >= 0.3 is 0 Å². The van der Waals surface area contributed by atoms with E-state index < -0.39 is 15.3 Å². The van der Waals surface area contributed by atoms with Crippen molar-refractivity contribution in [2.75, 3.05) is 5.75 Å². The zero-order valence-electron chi connectivity index (χ0n) is 11.9. The lowest BCUT2D eigenvalue weighted by Gasteiger charge is -2.31. The molecule has 0 saturated carbocycles. The van der Waals surface area contributed by atoms with Crippen LogP contribution in [0.25, 0.3) is 0 Å². The van der Waals surface area contributed by atoms with Crippen molar-refractivity contribution < 1.29 is 13.2 Å². The van der Waals surface area contributed by atoms with Gasteiger partial charge in [-0.2, -0.15) is 0 Å². The van der Waals surface area contributed by atoms with Gasteiger partial charge in [0.25, 0.3) is 0 Å². The molecule has 1 aliphatic rings. The molecule has 108 valence electrons. The highest BCUT2D eigenvalue weighted by Crippen LogP contribution is 2.36. The third-order valence-electron chi connectivity index (χ3n) is 4.08. The lowest BCUT2D eigenvalue weighted by molar-refractivity contribution is -0.125. The van der Waals surface area contributed by atoms with Crippen LogP contribution in [0.15, 0.2) is 46.9 Å². The van der Waals surface area contributed by atoms with Gasteiger partial charge in [-0.25, -0.2) is 8.42 Å². The molecule has 0 bridgehead atoms. The average Bonchev–Trinajstić information content (AvgIpc) is 2.44. The van der Waals surface area contributed by atoms with Crippen molar-refractivity contribution in [3.8, 4) is 0 Å². The summed E-state index contributed by atoms with van der Waals surface area (Å²) >= 11 is 0. The minimum Gasteiger partial charge on any atom is -0.294 e. The number of hydrogen-bond acceptors (Lipinski definition) is 3. The largest absolute Gasteiger partial charge is 0.294 e. The van der Waals surface area contributed by atoms with Crippen molar-refractivity contribution in [2.24, 2.45) is 5.41 Å². The second kappa shape index (κ2) is 5.52. The van der Waals surface area contributed by atoms with Crippen LogP contribution in [0.2, 0.25) is 0 Å². The van der Waals surface area contributed by atoms with Gasteiger partial charge in [0.1, 0.15) is 0 Å². The molecule has 0 amide bonds. The highest BCUT2D eigenvalue weighted by Gasteiger charge is 2.36. The summed E-state index contributed by atoms with van der Waals surface area (Å²) in [6.45, 7) is 3.69. The predicted molar refractivity (Wildman–Crippen MR) is 79.2 cm³/mol. The molecule has 1 atom stereocenters. The minimum absolute atomic E-state index is 0.0204. The molecule has 0 N–H and O–H groups in total. The van der Waals surface area contributed by atoms with Crippen molar-refractivity contribution in [3.63, 3.8) is 0 Å². The van der Waals surface area contributed by atoms with Gasteiger partial charge < -0.3 is 0 Å². The van der Waals surface area contributed by atoms with E-state index in [0.29, 0.717) is 11.3 Å². The topological polar surface area (TPSA) is 51.2 Å². The second-order valence-corrected chi connectivity index (χ2v) is 7.81. The molecule has 1 unspecified atom stereocenters. The van der Waals surface area contributed by atoms with Gasteiger partial charge in [0.2, 0.25) is 0 Å². The number of Topliss-reactive ketones (excluding diaryl/α,β-unsaturated/α-hetero) is 1. The Morgan fingerprint density at radius 2 is 1.85 bits per heavy atom. The summed E-state index contributed by atoms with van der Waals surface area (Å²) in [6.07, 6.45) is 3.90. The first-order valence-electron chi connectivity index (χ1n) is 6.84. The average molecular weight is 292 g/mol. The molecule has 0 saturated heterocycles. The summed E-state index contributed by atoms with van der Waals surface area (Å²) in [4.78, 5) is 12.6. The summed E-state index contributed by atoms with van der Waals surface area (Å²) in [7, 11) is -3.31. The van der Waals surface area contributed by atoms with Gasteiger partial charge in [-0.3, -0.25) is 4.79 Å². The summed E-state index contributed by atoms with van der Waals surface area (Å²) < 4.78 is 24.6. The van der Waals surface area contributed by atoms with Crippen molar-refractivity contribution in [3.05, 3.63) is 42.0 Å². The summed E-state index contributed by atoms with van der Waals surface area (Å²) in [5.74, 6) is 0.110. The molecule has 0 spiro atoms. The van der Waals surface area contributed by atoms with Crippen LogP contribution in [-0.2, 0) is 14.6 Å². The summed E-state index contributed by atoms with van der Waals surface area (Å²) in [6, 6.07) is 8.43. The monoisotopic (exact) mass is 292 g/mol. The Hall–Kier alpha value is -1.42. The Morgan fingerprint density at radius 1 is 1.20 bits per heavy atom. The number of sulfone groups is 1. The van der Waals surface area contributed by atoms with E-state index in [4.69, 9.17) is 0 Å². The van der Waals surface area contributed by atoms with Crippen LogP contribution in [0, 0.1) is 5.41 Å². The van der Waals surface area contributed by atoms with E-state index in [1.54, 1.807) is 30.3 Å². The Morgan fingerprint density at radius 3 is 2.50 bits per heavy atom. The highest BCUT2D eigenvalue weighted by molar-refractivity contribution is 7.91. The van der Waals surface area contributed by atoms with Crippen LogP contribution < -0.4 is 0 Å². The Balaban J connectivity index is 2.13. The van der Waals surface area contributed by atoms with E-state index in [2.05, 4.69) is 0 Å². The van der Waals surface area contributed by atoms with Gasteiger partial charge in [0, 0.05) is 5.41 Å². The molecule has 4 heteroatoms. The molecule has 20 heavy (non-hydrogen) atoms. The number of hydrogen-bond donors (Lipinski definition) is 0. The number of allylic oxidation sites excluding steroid dienone is 2. The van der Waals surface area contributed by atoms with Crippen molar-refractivity contribution in [1.82, 2.24) is 0 Å². The second-order valence-electron chi connectivity index (χ2n) is 5.70. The van der Waals surface area contributed by atoms with E-state index in [1.165, 1.54) is 0 Å². The number of benzene rings is 1. The lowest BCUT2D eigenvalue weighted by Crippen LogP contribution is -2.33. The molecule has 2 rings (SSSR count). The van der Waals surface area contributed by atoms with Crippen LogP contribution >= 0.6 is 0 Å². The smallest absolute Gasteiger partial charge is 0.178 e. The third kappa shape index (κ3) is 3.01. The molecule has 0 aromatic heterocycles. The molecular formula is C16H20O3S. The van der Waals surface area contributed by atoms with Crippen molar-refractivity contribution in [2.45, 2.75) is 38.0 Å². The molecule has 0 fully saturated rings. The number of rotatable bonds is 4. The lowest BCUT2D eigenvalue weighted by atomic mass is 9.73.